The Hall–Kier alpha value is -0.410. The van der Waals surface area contributed by atoms with Gasteiger partial charge >= 0.3 is 0 Å². The smallest absolute Gasteiger partial charge is 0.180 e. The van der Waals surface area contributed by atoms with Crippen LogP contribution in [0.2, 0.25) is 0 Å². The molecule has 12 heavy (non-hydrogen) atoms. The fourth-order valence-electron chi connectivity index (χ4n) is 1.58. The zero-order chi connectivity index (χ0) is 8.77. The summed E-state index contributed by atoms with van der Waals surface area (Å²) in [6.07, 6.45) is 2.10. The third-order valence-corrected chi connectivity index (χ3v) is 3.46. The van der Waals surface area contributed by atoms with Gasteiger partial charge in [-0.3, -0.25) is 0 Å². The summed E-state index contributed by atoms with van der Waals surface area (Å²) >= 11 is 1.23. The maximum atomic E-state index is 13.3. The molecule has 0 spiro atoms. The minimum Gasteiger partial charge on any atom is -0.330 e. The number of nitrogens with two attached hydrogens (primary N) is 1. The Balaban J connectivity index is 2.39. The van der Waals surface area contributed by atoms with E-state index in [1.165, 1.54) is 11.3 Å². The summed E-state index contributed by atoms with van der Waals surface area (Å²) in [5.74, 6) is 0. The van der Waals surface area contributed by atoms with Gasteiger partial charge in [0.05, 0.1) is 0 Å². The van der Waals surface area contributed by atoms with Gasteiger partial charge in [-0.15, -0.1) is 11.3 Å². The zero-order valence-corrected chi connectivity index (χ0v) is 7.88. The van der Waals surface area contributed by atoms with Crippen molar-refractivity contribution < 1.29 is 4.39 Å². The van der Waals surface area contributed by atoms with Gasteiger partial charge < -0.3 is 5.73 Å². The van der Waals surface area contributed by atoms with Crippen LogP contribution in [0, 0.1) is 12.1 Å². The molecule has 3 heteroatoms. The van der Waals surface area contributed by atoms with Crippen LogP contribution in [0.25, 0.3) is 0 Å². The molecule has 0 aromatic carbocycles. The highest BCUT2D eigenvalue weighted by molar-refractivity contribution is 7.10. The van der Waals surface area contributed by atoms with Crippen LogP contribution in [0.3, 0.4) is 0 Å². The number of hydrogen-bond acceptors (Lipinski definition) is 2. The van der Waals surface area contributed by atoms with Gasteiger partial charge in [0.2, 0.25) is 0 Å². The van der Waals surface area contributed by atoms with Gasteiger partial charge in [-0.25, -0.2) is 0 Å². The van der Waals surface area contributed by atoms with Crippen molar-refractivity contribution in [1.29, 1.82) is 0 Å². The highest BCUT2D eigenvalue weighted by Crippen LogP contribution is 2.49. The van der Waals surface area contributed by atoms with Crippen molar-refractivity contribution >= 4 is 11.3 Å². The van der Waals surface area contributed by atoms with Gasteiger partial charge in [-0.2, -0.15) is 4.39 Å². The number of hydrogen-bond donors (Lipinski definition) is 1. The van der Waals surface area contributed by atoms with E-state index < -0.39 is 0 Å². The predicted molar refractivity (Wildman–Crippen MR) is 49.0 cm³/mol. The molecule has 66 valence electrons. The van der Waals surface area contributed by atoms with Crippen LogP contribution < -0.4 is 5.73 Å². The van der Waals surface area contributed by atoms with Crippen molar-refractivity contribution in [3.8, 4) is 0 Å². The fourth-order valence-corrected chi connectivity index (χ4v) is 2.43. The van der Waals surface area contributed by atoms with E-state index in [1.54, 1.807) is 0 Å². The van der Waals surface area contributed by atoms with Gasteiger partial charge in [-0.05, 0) is 25.8 Å². The van der Waals surface area contributed by atoms with Crippen molar-refractivity contribution in [2.24, 2.45) is 5.73 Å². The third kappa shape index (κ3) is 1.08. The second-order valence-electron chi connectivity index (χ2n) is 3.53. The Kier molecular flexibility index (Phi) is 1.73. The monoisotopic (exact) mass is 185 g/mol. The van der Waals surface area contributed by atoms with Crippen LogP contribution in [-0.4, -0.2) is 6.54 Å². The molecule has 1 fully saturated rings. The van der Waals surface area contributed by atoms with Crippen LogP contribution in [0.15, 0.2) is 6.07 Å². The molecule has 0 radical (unpaired) electrons. The molecular formula is C9H12FNS. The summed E-state index contributed by atoms with van der Waals surface area (Å²) in [5, 5.41) is -0.0320. The SMILES string of the molecule is Cc1cc(C2(CN)CC2)c(F)s1. The van der Waals surface area contributed by atoms with E-state index in [2.05, 4.69) is 0 Å². The fraction of sp³-hybridized carbons (Fsp3) is 0.556. The molecule has 1 saturated carbocycles. The van der Waals surface area contributed by atoms with E-state index in [0.717, 1.165) is 23.3 Å². The summed E-state index contributed by atoms with van der Waals surface area (Å²) in [4.78, 5) is 1.04. The molecule has 1 aliphatic rings. The highest BCUT2D eigenvalue weighted by Gasteiger charge is 2.45. The molecule has 2 N–H and O–H groups in total. The Morgan fingerprint density at radius 1 is 1.67 bits per heavy atom. The average molecular weight is 185 g/mol. The molecule has 0 bridgehead atoms. The topological polar surface area (TPSA) is 26.0 Å². The number of rotatable bonds is 2. The molecule has 0 aliphatic heterocycles. The number of thiophene rings is 1. The quantitative estimate of drug-likeness (QED) is 0.751. The Labute approximate surface area is 75.4 Å². The Bertz CT molecular complexity index is 301. The second-order valence-corrected chi connectivity index (χ2v) is 4.74. The van der Waals surface area contributed by atoms with Crippen molar-refractivity contribution in [1.82, 2.24) is 0 Å². The average Bonchev–Trinajstić information content (AvgIpc) is 2.74. The first-order chi connectivity index (χ1) is 5.68. The molecule has 1 aromatic heterocycles. The summed E-state index contributed by atoms with van der Waals surface area (Å²) in [7, 11) is 0. The summed E-state index contributed by atoms with van der Waals surface area (Å²) in [5.41, 5.74) is 6.48. The van der Waals surface area contributed by atoms with Crippen molar-refractivity contribution in [3.63, 3.8) is 0 Å². The number of aryl methyl sites for hydroxylation is 1. The molecule has 0 saturated heterocycles. The minimum absolute atomic E-state index is 0.00877. The van der Waals surface area contributed by atoms with E-state index >= 15 is 0 Å². The maximum absolute atomic E-state index is 13.3. The first-order valence-electron chi connectivity index (χ1n) is 4.14. The van der Waals surface area contributed by atoms with Crippen molar-refractivity contribution in [2.45, 2.75) is 25.2 Å². The van der Waals surface area contributed by atoms with Crippen molar-refractivity contribution in [3.05, 3.63) is 21.6 Å². The third-order valence-electron chi connectivity index (χ3n) is 2.63. The van der Waals surface area contributed by atoms with Gasteiger partial charge in [-0.1, -0.05) is 0 Å². The predicted octanol–water partition coefficient (Wildman–Crippen LogP) is 2.19. The van der Waals surface area contributed by atoms with Gasteiger partial charge in [0.15, 0.2) is 5.13 Å². The first-order valence-corrected chi connectivity index (χ1v) is 4.96. The van der Waals surface area contributed by atoms with Crippen LogP contribution in [0.1, 0.15) is 23.3 Å². The zero-order valence-electron chi connectivity index (χ0n) is 7.06. The second kappa shape index (κ2) is 2.54. The molecule has 1 aliphatic carbocycles. The van der Waals surface area contributed by atoms with E-state index in [0.29, 0.717) is 6.54 Å². The molecule has 1 heterocycles. The van der Waals surface area contributed by atoms with E-state index in [9.17, 15) is 4.39 Å². The highest BCUT2D eigenvalue weighted by atomic mass is 32.1. The van der Waals surface area contributed by atoms with Gasteiger partial charge in [0, 0.05) is 22.4 Å². The standard InChI is InChI=1S/C9H12FNS/c1-6-4-7(8(10)12-6)9(5-11)2-3-9/h4H,2-3,5,11H2,1H3. The number of halogens is 1. The lowest BCUT2D eigenvalue weighted by Gasteiger charge is -2.09. The largest absolute Gasteiger partial charge is 0.330 e. The van der Waals surface area contributed by atoms with E-state index in [4.69, 9.17) is 5.73 Å². The summed E-state index contributed by atoms with van der Waals surface area (Å²) in [6, 6.07) is 1.94. The Morgan fingerprint density at radius 2 is 2.33 bits per heavy atom. The van der Waals surface area contributed by atoms with Gasteiger partial charge in [0.1, 0.15) is 0 Å². The summed E-state index contributed by atoms with van der Waals surface area (Å²) < 4.78 is 13.3. The van der Waals surface area contributed by atoms with Crippen LogP contribution in [0.4, 0.5) is 4.39 Å². The first kappa shape index (κ1) is 8.20. The lowest BCUT2D eigenvalue weighted by atomic mass is 9.99. The summed E-state index contributed by atoms with van der Waals surface area (Å²) in [6.45, 7) is 2.52. The normalized spacial score (nSPS) is 19.6. The molecule has 2 rings (SSSR count). The minimum atomic E-state index is -0.0320. The lowest BCUT2D eigenvalue weighted by Crippen LogP contribution is -2.19. The molecule has 0 amide bonds. The van der Waals surface area contributed by atoms with Crippen molar-refractivity contribution in [2.75, 3.05) is 6.54 Å². The molecule has 0 unspecified atom stereocenters. The molecule has 1 aromatic rings. The lowest BCUT2D eigenvalue weighted by molar-refractivity contribution is 0.598. The van der Waals surface area contributed by atoms with Crippen LogP contribution in [-0.2, 0) is 5.41 Å². The molecule has 0 atom stereocenters. The van der Waals surface area contributed by atoms with Crippen LogP contribution in [0.5, 0.6) is 0 Å². The maximum Gasteiger partial charge on any atom is 0.180 e. The van der Waals surface area contributed by atoms with Crippen LogP contribution >= 0.6 is 11.3 Å². The molecule has 1 nitrogen and oxygen atoms in total. The Morgan fingerprint density at radius 3 is 2.67 bits per heavy atom. The van der Waals surface area contributed by atoms with Gasteiger partial charge in [0.25, 0.3) is 0 Å². The molecular weight excluding hydrogens is 173 g/mol. The van der Waals surface area contributed by atoms with E-state index in [-0.39, 0.29) is 10.5 Å². The van der Waals surface area contributed by atoms with E-state index in [1.807, 2.05) is 13.0 Å².